The van der Waals surface area contributed by atoms with Crippen molar-refractivity contribution in [2.24, 2.45) is 0 Å². The van der Waals surface area contributed by atoms with E-state index < -0.39 is 5.97 Å². The lowest BCUT2D eigenvalue weighted by Gasteiger charge is -2.27. The number of rotatable bonds is 4. The van der Waals surface area contributed by atoms with E-state index in [-0.39, 0.29) is 11.1 Å². The van der Waals surface area contributed by atoms with Gasteiger partial charge in [-0.25, -0.2) is 9.48 Å². The SMILES string of the molecule is C=c1[nH]n(-c2ccc(C(=O)O)cc2)c(=O)/c1=C\c1ccc2c(c1)C1CCCC1N2c1ccccc1. The van der Waals surface area contributed by atoms with Crippen molar-refractivity contribution in [3.05, 3.63) is 110 Å². The molecule has 0 radical (unpaired) electrons. The second-order valence-electron chi connectivity index (χ2n) is 9.27. The van der Waals surface area contributed by atoms with E-state index in [0.717, 1.165) is 5.56 Å². The van der Waals surface area contributed by atoms with Crippen molar-refractivity contribution in [1.29, 1.82) is 0 Å². The first kappa shape index (κ1) is 21.2. The van der Waals surface area contributed by atoms with Gasteiger partial charge in [0.1, 0.15) is 0 Å². The molecule has 1 saturated carbocycles. The Bertz CT molecular complexity index is 1600. The zero-order valence-corrected chi connectivity index (χ0v) is 19.1. The van der Waals surface area contributed by atoms with Crippen LogP contribution in [0.2, 0.25) is 0 Å². The smallest absolute Gasteiger partial charge is 0.335 e. The standard InChI is InChI=1S/C29H25N3O3/c1-18-24(28(33)32(30-18)22-13-11-20(12-14-22)29(34)35)16-19-10-15-27-25(17-19)23-8-5-9-26(23)31(27)21-6-3-2-4-7-21/h2-4,6-7,10-17,23,26,30H,1,5,8-9H2,(H,34,35)/b24-16-. The van der Waals surface area contributed by atoms with E-state index in [1.54, 1.807) is 12.1 Å². The van der Waals surface area contributed by atoms with Crippen molar-refractivity contribution in [1.82, 2.24) is 9.78 Å². The third kappa shape index (κ3) is 3.49. The van der Waals surface area contributed by atoms with Gasteiger partial charge in [-0.3, -0.25) is 9.89 Å². The fourth-order valence-electron chi connectivity index (χ4n) is 5.64. The average Bonchev–Trinajstić information content (AvgIpc) is 3.54. The molecule has 1 aliphatic heterocycles. The van der Waals surface area contributed by atoms with E-state index in [1.807, 2.05) is 12.1 Å². The molecule has 6 heteroatoms. The van der Waals surface area contributed by atoms with Gasteiger partial charge in [0, 0.05) is 23.3 Å². The van der Waals surface area contributed by atoms with Crippen LogP contribution >= 0.6 is 0 Å². The molecule has 0 saturated heterocycles. The largest absolute Gasteiger partial charge is 0.478 e. The monoisotopic (exact) mass is 463 g/mol. The van der Waals surface area contributed by atoms with Crippen LogP contribution in [0.5, 0.6) is 0 Å². The number of carboxylic acid groups (broad SMARTS) is 1. The molecule has 6 rings (SSSR count). The molecule has 0 spiro atoms. The second-order valence-corrected chi connectivity index (χ2v) is 9.27. The van der Waals surface area contributed by atoms with Gasteiger partial charge in [-0.1, -0.05) is 37.3 Å². The van der Waals surface area contributed by atoms with Crippen molar-refractivity contribution < 1.29 is 9.90 Å². The van der Waals surface area contributed by atoms with Crippen LogP contribution in [0.3, 0.4) is 0 Å². The third-order valence-electron chi connectivity index (χ3n) is 7.24. The third-order valence-corrected chi connectivity index (χ3v) is 7.24. The van der Waals surface area contributed by atoms with E-state index in [2.05, 4.69) is 59.0 Å². The minimum Gasteiger partial charge on any atom is -0.478 e. The van der Waals surface area contributed by atoms with Crippen LogP contribution in [0.4, 0.5) is 11.4 Å². The molecule has 35 heavy (non-hydrogen) atoms. The molecular weight excluding hydrogens is 438 g/mol. The summed E-state index contributed by atoms with van der Waals surface area (Å²) in [6.45, 7) is 4.04. The van der Waals surface area contributed by atoms with Crippen LogP contribution in [0, 0.1) is 0 Å². The Morgan fingerprint density at radius 2 is 1.77 bits per heavy atom. The van der Waals surface area contributed by atoms with Gasteiger partial charge in [0.2, 0.25) is 0 Å². The van der Waals surface area contributed by atoms with Gasteiger partial charge in [-0.2, -0.15) is 0 Å². The first-order valence-corrected chi connectivity index (χ1v) is 11.8. The molecule has 1 aliphatic carbocycles. The number of para-hydroxylation sites is 1. The first-order valence-electron chi connectivity index (χ1n) is 11.8. The molecule has 2 heterocycles. The lowest BCUT2D eigenvalue weighted by molar-refractivity contribution is 0.0697. The van der Waals surface area contributed by atoms with Gasteiger partial charge in [0.05, 0.1) is 21.8 Å². The number of carbonyl (C=O) groups is 1. The van der Waals surface area contributed by atoms with E-state index in [1.165, 1.54) is 53.0 Å². The number of aromatic amines is 1. The summed E-state index contributed by atoms with van der Waals surface area (Å²) in [7, 11) is 0. The Labute approximate surface area is 202 Å². The van der Waals surface area contributed by atoms with Crippen molar-refractivity contribution in [2.75, 3.05) is 4.90 Å². The molecule has 1 fully saturated rings. The number of anilines is 2. The normalized spacial score (nSPS) is 19.1. The summed E-state index contributed by atoms with van der Waals surface area (Å²) >= 11 is 0. The summed E-state index contributed by atoms with van der Waals surface area (Å²) in [5.74, 6) is -0.511. The number of fused-ring (bicyclic) bond motifs is 3. The Morgan fingerprint density at radius 3 is 2.51 bits per heavy atom. The van der Waals surface area contributed by atoms with Gasteiger partial charge >= 0.3 is 5.97 Å². The maximum absolute atomic E-state index is 13.2. The predicted molar refractivity (Wildman–Crippen MR) is 137 cm³/mol. The maximum Gasteiger partial charge on any atom is 0.335 e. The molecule has 3 aromatic carbocycles. The van der Waals surface area contributed by atoms with E-state index >= 15 is 0 Å². The number of aromatic carboxylic acids is 1. The highest BCUT2D eigenvalue weighted by atomic mass is 16.4. The molecule has 1 aromatic heterocycles. The summed E-state index contributed by atoms with van der Waals surface area (Å²) in [6, 6.07) is 23.7. The number of hydrogen-bond acceptors (Lipinski definition) is 3. The molecular formula is C29H25N3O3. The minimum atomic E-state index is -1.01. The van der Waals surface area contributed by atoms with Crippen LogP contribution in [-0.2, 0) is 0 Å². The number of carboxylic acids is 1. The fourth-order valence-corrected chi connectivity index (χ4v) is 5.64. The lowest BCUT2D eigenvalue weighted by atomic mass is 9.96. The number of nitrogens with zero attached hydrogens (tertiary/aromatic N) is 2. The summed E-state index contributed by atoms with van der Waals surface area (Å²) in [5, 5.41) is 13.2. The van der Waals surface area contributed by atoms with Crippen molar-refractivity contribution in [3.63, 3.8) is 0 Å². The zero-order chi connectivity index (χ0) is 24.1. The molecule has 0 amide bonds. The summed E-state index contributed by atoms with van der Waals surface area (Å²) in [5.41, 5.74) is 5.30. The van der Waals surface area contributed by atoms with Crippen LogP contribution in [0.1, 0.15) is 46.7 Å². The van der Waals surface area contributed by atoms with Crippen LogP contribution in [0.15, 0.2) is 77.6 Å². The highest BCUT2D eigenvalue weighted by Gasteiger charge is 2.41. The summed E-state index contributed by atoms with van der Waals surface area (Å²) in [6.07, 6.45) is 5.46. The van der Waals surface area contributed by atoms with Crippen LogP contribution in [0.25, 0.3) is 18.3 Å². The zero-order valence-electron chi connectivity index (χ0n) is 19.1. The van der Waals surface area contributed by atoms with Crippen molar-refractivity contribution in [2.45, 2.75) is 31.2 Å². The Balaban J connectivity index is 1.41. The average molecular weight is 464 g/mol. The first-order chi connectivity index (χ1) is 17.0. The molecule has 2 unspecified atom stereocenters. The molecule has 2 atom stereocenters. The molecule has 0 bridgehead atoms. The van der Waals surface area contributed by atoms with Gasteiger partial charge < -0.3 is 10.0 Å². The highest BCUT2D eigenvalue weighted by molar-refractivity contribution is 5.87. The Kier molecular flexibility index (Phi) is 4.95. The number of H-pyrrole nitrogens is 1. The van der Waals surface area contributed by atoms with Gasteiger partial charge in [0.25, 0.3) is 5.56 Å². The molecule has 174 valence electrons. The Hall–Kier alpha value is -4.32. The van der Waals surface area contributed by atoms with Crippen LogP contribution < -0.4 is 21.0 Å². The van der Waals surface area contributed by atoms with Crippen molar-refractivity contribution in [3.8, 4) is 5.69 Å². The summed E-state index contributed by atoms with van der Waals surface area (Å²) < 4.78 is 1.40. The Morgan fingerprint density at radius 1 is 1.00 bits per heavy atom. The molecule has 4 aromatic rings. The van der Waals surface area contributed by atoms with E-state index in [9.17, 15) is 9.59 Å². The topological polar surface area (TPSA) is 78.3 Å². The number of nitrogens with one attached hydrogen (secondary N) is 1. The fraction of sp³-hybridized carbons (Fsp3) is 0.172. The number of benzene rings is 3. The van der Waals surface area contributed by atoms with E-state index in [4.69, 9.17) is 5.11 Å². The molecule has 6 nitrogen and oxygen atoms in total. The highest BCUT2D eigenvalue weighted by Crippen LogP contribution is 2.52. The van der Waals surface area contributed by atoms with Crippen LogP contribution in [-0.4, -0.2) is 26.9 Å². The summed E-state index contributed by atoms with van der Waals surface area (Å²) in [4.78, 5) is 26.8. The van der Waals surface area contributed by atoms with E-state index in [0.29, 0.717) is 28.2 Å². The second kappa shape index (κ2) is 8.17. The minimum absolute atomic E-state index is 0.169. The number of hydrogen-bond donors (Lipinski definition) is 2. The quantitative estimate of drug-likeness (QED) is 0.481. The predicted octanol–water partition coefficient (Wildman–Crippen LogP) is 3.89. The van der Waals surface area contributed by atoms with Gasteiger partial charge in [-0.05, 0) is 78.6 Å². The number of aromatic nitrogens is 2. The molecule has 2 aliphatic rings. The molecule has 2 N–H and O–H groups in total. The maximum atomic E-state index is 13.2. The van der Waals surface area contributed by atoms with Gasteiger partial charge in [0.15, 0.2) is 0 Å². The van der Waals surface area contributed by atoms with Gasteiger partial charge in [-0.15, -0.1) is 0 Å². The van der Waals surface area contributed by atoms with Crippen molar-refractivity contribution >= 4 is 30.0 Å². The lowest BCUT2D eigenvalue weighted by Crippen LogP contribution is -2.33.